The molecule has 1 aromatic heterocycles. The predicted molar refractivity (Wildman–Crippen MR) is 99.8 cm³/mol. The molecule has 27 heavy (non-hydrogen) atoms. The number of halogens is 1. The zero-order chi connectivity index (χ0) is 19.4. The van der Waals surface area contributed by atoms with Crippen LogP contribution in [0.2, 0.25) is 5.02 Å². The largest absolute Gasteiger partial charge is 0.454 e. The van der Waals surface area contributed by atoms with E-state index in [0.717, 1.165) is 5.56 Å². The van der Waals surface area contributed by atoms with Crippen LogP contribution in [0.25, 0.3) is 0 Å². The number of nitriles is 2. The number of aryl methyl sites for hydroxylation is 1. The number of hydrogen-bond acceptors (Lipinski definition) is 5. The van der Waals surface area contributed by atoms with Gasteiger partial charge in [-0.3, -0.25) is 4.79 Å². The smallest absolute Gasteiger partial charge is 0.267 e. The zero-order valence-corrected chi connectivity index (χ0v) is 15.0. The minimum atomic E-state index is -0.222. The summed E-state index contributed by atoms with van der Waals surface area (Å²) in [5.41, 5.74) is 2.60. The monoisotopic (exact) mass is 376 g/mol. The number of hydrogen-bond donors (Lipinski definition) is 1. The number of nitrogens with zero attached hydrogens (tertiary/aromatic N) is 3. The Kier molecular flexibility index (Phi) is 5.21. The summed E-state index contributed by atoms with van der Waals surface area (Å²) in [6, 6.07) is 15.6. The summed E-state index contributed by atoms with van der Waals surface area (Å²) >= 11 is 6.23. The topological polar surface area (TPSA) is 103 Å². The second kappa shape index (κ2) is 7.74. The van der Waals surface area contributed by atoms with E-state index < -0.39 is 0 Å². The summed E-state index contributed by atoms with van der Waals surface area (Å²) in [6.45, 7) is 1.71. The molecule has 0 radical (unpaired) electrons. The van der Waals surface area contributed by atoms with Crippen molar-refractivity contribution in [1.29, 1.82) is 10.5 Å². The van der Waals surface area contributed by atoms with Crippen LogP contribution in [0.5, 0.6) is 11.5 Å². The van der Waals surface area contributed by atoms with Crippen LogP contribution in [0.3, 0.4) is 0 Å². The molecule has 1 N–H and O–H groups in total. The number of benzene rings is 2. The molecule has 0 aliphatic carbocycles. The van der Waals surface area contributed by atoms with Crippen molar-refractivity contribution in [3.05, 3.63) is 85.8 Å². The Labute approximate surface area is 160 Å². The van der Waals surface area contributed by atoms with Gasteiger partial charge in [-0.15, -0.1) is 0 Å². The molecule has 0 unspecified atom stereocenters. The van der Waals surface area contributed by atoms with Gasteiger partial charge in [0.2, 0.25) is 0 Å². The number of ether oxygens (including phenoxy) is 1. The first kappa shape index (κ1) is 18.2. The van der Waals surface area contributed by atoms with E-state index in [9.17, 15) is 10.1 Å². The third-order valence-corrected chi connectivity index (χ3v) is 4.19. The highest BCUT2D eigenvalue weighted by atomic mass is 35.5. The second-order valence-electron chi connectivity index (χ2n) is 5.85. The third-order valence-electron chi connectivity index (χ3n) is 3.87. The SMILES string of the molecule is Cc1cc(Cc2ccc(Cl)c(Oc3cc(C#N)ccc3C#N)c2)n[nH]c1=O. The van der Waals surface area contributed by atoms with Crippen LogP contribution in [-0.2, 0) is 6.42 Å². The summed E-state index contributed by atoms with van der Waals surface area (Å²) < 4.78 is 5.81. The molecular weight excluding hydrogens is 364 g/mol. The van der Waals surface area contributed by atoms with Crippen LogP contribution in [-0.4, -0.2) is 10.2 Å². The summed E-state index contributed by atoms with van der Waals surface area (Å²) in [6.07, 6.45) is 0.467. The van der Waals surface area contributed by atoms with E-state index in [-0.39, 0.29) is 11.3 Å². The standard InChI is InChI=1S/C20H13ClN4O2/c1-12-6-16(24-25-20(12)26)7-13-3-5-17(21)19(8-13)27-18-9-14(10-22)2-4-15(18)11-23/h2-6,8-9H,7H2,1H3,(H,25,26). The summed E-state index contributed by atoms with van der Waals surface area (Å²) in [7, 11) is 0. The molecule has 0 fully saturated rings. The van der Waals surface area contributed by atoms with Gasteiger partial charge in [-0.25, -0.2) is 5.10 Å². The molecule has 0 aliphatic heterocycles. The van der Waals surface area contributed by atoms with Gasteiger partial charge in [-0.1, -0.05) is 17.7 Å². The normalized spacial score (nSPS) is 10.1. The van der Waals surface area contributed by atoms with E-state index in [1.807, 2.05) is 18.2 Å². The number of H-pyrrole nitrogens is 1. The Hall–Kier alpha value is -3.61. The Bertz CT molecular complexity index is 1160. The molecule has 0 atom stereocenters. The molecule has 0 saturated carbocycles. The maximum Gasteiger partial charge on any atom is 0.267 e. The predicted octanol–water partition coefficient (Wildman–Crippen LogP) is 3.86. The lowest BCUT2D eigenvalue weighted by Gasteiger charge is -2.11. The van der Waals surface area contributed by atoms with Crippen LogP contribution in [0.4, 0.5) is 0 Å². The Balaban J connectivity index is 1.92. The maximum atomic E-state index is 11.4. The number of aromatic nitrogens is 2. The van der Waals surface area contributed by atoms with E-state index in [1.165, 1.54) is 12.1 Å². The lowest BCUT2D eigenvalue weighted by atomic mass is 10.1. The van der Waals surface area contributed by atoms with Gasteiger partial charge in [-0.2, -0.15) is 15.6 Å². The molecule has 0 bridgehead atoms. The fourth-order valence-electron chi connectivity index (χ4n) is 2.48. The van der Waals surface area contributed by atoms with Gasteiger partial charge in [0.25, 0.3) is 5.56 Å². The number of rotatable bonds is 4. The first-order valence-electron chi connectivity index (χ1n) is 7.96. The van der Waals surface area contributed by atoms with Crippen molar-refractivity contribution in [1.82, 2.24) is 10.2 Å². The van der Waals surface area contributed by atoms with Gasteiger partial charge in [0.15, 0.2) is 0 Å². The van der Waals surface area contributed by atoms with Gasteiger partial charge < -0.3 is 4.74 Å². The van der Waals surface area contributed by atoms with Crippen molar-refractivity contribution < 1.29 is 4.74 Å². The third kappa shape index (κ3) is 4.14. The first-order chi connectivity index (χ1) is 13.0. The highest BCUT2D eigenvalue weighted by Crippen LogP contribution is 2.33. The number of nitrogens with one attached hydrogen (secondary N) is 1. The van der Waals surface area contributed by atoms with Gasteiger partial charge >= 0.3 is 0 Å². The molecule has 0 amide bonds. The molecule has 3 rings (SSSR count). The minimum absolute atomic E-state index is 0.222. The van der Waals surface area contributed by atoms with Crippen molar-refractivity contribution in [2.75, 3.05) is 0 Å². The summed E-state index contributed by atoms with van der Waals surface area (Å²) in [5.74, 6) is 0.621. The van der Waals surface area contributed by atoms with Gasteiger partial charge in [0, 0.05) is 12.0 Å². The Morgan fingerprint density at radius 3 is 2.63 bits per heavy atom. The van der Waals surface area contributed by atoms with Crippen molar-refractivity contribution in [3.8, 4) is 23.6 Å². The van der Waals surface area contributed by atoms with Gasteiger partial charge in [0.1, 0.15) is 17.6 Å². The van der Waals surface area contributed by atoms with Gasteiger partial charge in [0.05, 0.1) is 27.9 Å². The van der Waals surface area contributed by atoms with Crippen LogP contribution >= 0.6 is 11.6 Å². The molecule has 2 aromatic carbocycles. The van der Waals surface area contributed by atoms with Crippen LogP contribution in [0, 0.1) is 29.6 Å². The fourth-order valence-corrected chi connectivity index (χ4v) is 2.64. The molecule has 1 heterocycles. The summed E-state index contributed by atoms with van der Waals surface area (Å²) in [5, 5.41) is 25.1. The highest BCUT2D eigenvalue weighted by Gasteiger charge is 2.11. The van der Waals surface area contributed by atoms with E-state index >= 15 is 0 Å². The lowest BCUT2D eigenvalue weighted by Crippen LogP contribution is -2.12. The molecule has 3 aromatic rings. The first-order valence-corrected chi connectivity index (χ1v) is 8.33. The molecule has 132 valence electrons. The lowest BCUT2D eigenvalue weighted by molar-refractivity contribution is 0.480. The van der Waals surface area contributed by atoms with Crippen molar-refractivity contribution in [2.45, 2.75) is 13.3 Å². The van der Waals surface area contributed by atoms with Crippen molar-refractivity contribution >= 4 is 11.6 Å². The highest BCUT2D eigenvalue weighted by molar-refractivity contribution is 6.32. The van der Waals surface area contributed by atoms with Crippen LogP contribution in [0.1, 0.15) is 27.9 Å². The number of aromatic amines is 1. The van der Waals surface area contributed by atoms with E-state index in [0.29, 0.717) is 39.6 Å². The van der Waals surface area contributed by atoms with E-state index in [1.54, 1.807) is 31.2 Å². The average Bonchev–Trinajstić information content (AvgIpc) is 2.67. The van der Waals surface area contributed by atoms with Gasteiger partial charge in [-0.05, 0) is 48.9 Å². The quantitative estimate of drug-likeness (QED) is 0.744. The second-order valence-corrected chi connectivity index (χ2v) is 6.26. The molecule has 0 spiro atoms. The molecule has 0 saturated heterocycles. The van der Waals surface area contributed by atoms with Crippen molar-refractivity contribution in [2.24, 2.45) is 0 Å². The Morgan fingerprint density at radius 1 is 1.11 bits per heavy atom. The zero-order valence-electron chi connectivity index (χ0n) is 14.3. The molecular formula is C20H13ClN4O2. The van der Waals surface area contributed by atoms with Crippen molar-refractivity contribution in [3.63, 3.8) is 0 Å². The van der Waals surface area contributed by atoms with E-state index in [4.69, 9.17) is 21.6 Å². The summed E-state index contributed by atoms with van der Waals surface area (Å²) in [4.78, 5) is 11.4. The van der Waals surface area contributed by atoms with E-state index in [2.05, 4.69) is 10.2 Å². The average molecular weight is 377 g/mol. The Morgan fingerprint density at radius 2 is 1.93 bits per heavy atom. The maximum absolute atomic E-state index is 11.4. The molecule has 0 aliphatic rings. The fraction of sp³-hybridized carbons (Fsp3) is 0.100. The van der Waals surface area contributed by atoms with Crippen LogP contribution < -0.4 is 10.3 Å². The van der Waals surface area contributed by atoms with Crippen LogP contribution in [0.15, 0.2) is 47.3 Å². The molecule has 7 heteroatoms. The molecule has 6 nitrogen and oxygen atoms in total. The minimum Gasteiger partial charge on any atom is -0.454 e.